The van der Waals surface area contributed by atoms with Crippen LogP contribution in [0.4, 0.5) is 10.5 Å². The van der Waals surface area contributed by atoms with Crippen molar-refractivity contribution in [1.82, 2.24) is 5.32 Å². The van der Waals surface area contributed by atoms with Gasteiger partial charge in [-0.25, -0.2) is 4.79 Å². The molecule has 0 saturated carbocycles. The van der Waals surface area contributed by atoms with Gasteiger partial charge in [0.15, 0.2) is 5.78 Å². The SMILES string of the molecule is CNC(=O)Nc1cc(C(=O)CBr)ccc1OCc1ccccc1. The lowest BCUT2D eigenvalue weighted by Crippen LogP contribution is -2.25. The molecule has 0 fully saturated rings. The molecule has 0 unspecified atom stereocenters. The maximum Gasteiger partial charge on any atom is 0.319 e. The number of alkyl halides is 1. The van der Waals surface area contributed by atoms with Crippen molar-refractivity contribution in [2.24, 2.45) is 0 Å². The summed E-state index contributed by atoms with van der Waals surface area (Å²) in [7, 11) is 1.52. The molecule has 0 atom stereocenters. The Balaban J connectivity index is 2.22. The van der Waals surface area contributed by atoms with Crippen LogP contribution in [-0.2, 0) is 6.61 Å². The molecule has 0 saturated heterocycles. The summed E-state index contributed by atoms with van der Waals surface area (Å²) < 4.78 is 5.77. The normalized spacial score (nSPS) is 10.0. The van der Waals surface area contributed by atoms with E-state index < -0.39 is 0 Å². The van der Waals surface area contributed by atoms with Crippen molar-refractivity contribution >= 4 is 33.4 Å². The van der Waals surface area contributed by atoms with Gasteiger partial charge in [0.05, 0.1) is 11.0 Å². The van der Waals surface area contributed by atoms with Crippen LogP contribution in [0.15, 0.2) is 48.5 Å². The molecule has 2 rings (SSSR count). The Labute approximate surface area is 143 Å². The molecule has 0 spiro atoms. The highest BCUT2D eigenvalue weighted by Gasteiger charge is 2.12. The minimum atomic E-state index is -0.377. The van der Waals surface area contributed by atoms with Gasteiger partial charge in [0.1, 0.15) is 12.4 Å². The highest BCUT2D eigenvalue weighted by molar-refractivity contribution is 9.09. The van der Waals surface area contributed by atoms with Crippen LogP contribution < -0.4 is 15.4 Å². The second kappa shape index (κ2) is 8.33. The number of rotatable bonds is 6. The summed E-state index contributed by atoms with van der Waals surface area (Å²) in [5.41, 5.74) is 1.96. The van der Waals surface area contributed by atoms with Crippen molar-refractivity contribution in [3.05, 3.63) is 59.7 Å². The summed E-state index contributed by atoms with van der Waals surface area (Å²) in [4.78, 5) is 23.4. The van der Waals surface area contributed by atoms with Gasteiger partial charge in [-0.2, -0.15) is 0 Å². The summed E-state index contributed by atoms with van der Waals surface area (Å²) in [6.45, 7) is 0.370. The van der Waals surface area contributed by atoms with Crippen molar-refractivity contribution in [3.8, 4) is 5.75 Å². The number of nitrogens with one attached hydrogen (secondary N) is 2. The van der Waals surface area contributed by atoms with Crippen LogP contribution in [0.3, 0.4) is 0 Å². The molecule has 0 radical (unpaired) electrons. The van der Waals surface area contributed by atoms with Crippen molar-refractivity contribution in [3.63, 3.8) is 0 Å². The Morgan fingerprint density at radius 3 is 2.52 bits per heavy atom. The Morgan fingerprint density at radius 2 is 1.87 bits per heavy atom. The number of Topliss-reactive ketones (excluding diaryl/α,β-unsaturated/α-hetero) is 1. The van der Waals surface area contributed by atoms with Crippen LogP contribution in [0.2, 0.25) is 0 Å². The van der Waals surface area contributed by atoms with Gasteiger partial charge in [0.2, 0.25) is 0 Å². The molecular weight excluding hydrogens is 360 g/mol. The fraction of sp³-hybridized carbons (Fsp3) is 0.176. The lowest BCUT2D eigenvalue weighted by molar-refractivity contribution is 0.102. The first-order valence-corrected chi connectivity index (χ1v) is 8.15. The number of anilines is 1. The van der Waals surface area contributed by atoms with Crippen LogP contribution in [0.5, 0.6) is 5.75 Å². The third kappa shape index (κ3) is 4.82. The molecule has 23 heavy (non-hydrogen) atoms. The highest BCUT2D eigenvalue weighted by Crippen LogP contribution is 2.27. The van der Waals surface area contributed by atoms with E-state index in [1.165, 1.54) is 7.05 Å². The number of amides is 2. The molecule has 0 aliphatic heterocycles. The quantitative estimate of drug-likeness (QED) is 0.597. The van der Waals surface area contributed by atoms with Gasteiger partial charge in [-0.1, -0.05) is 46.3 Å². The minimum Gasteiger partial charge on any atom is -0.487 e. The number of hydrogen-bond acceptors (Lipinski definition) is 3. The third-order valence-electron chi connectivity index (χ3n) is 3.14. The maximum atomic E-state index is 11.8. The van der Waals surface area contributed by atoms with E-state index in [9.17, 15) is 9.59 Å². The Kier molecular flexibility index (Phi) is 6.17. The summed E-state index contributed by atoms with van der Waals surface area (Å²) in [6, 6.07) is 14.3. The van der Waals surface area contributed by atoms with Gasteiger partial charge in [-0.3, -0.25) is 4.79 Å². The molecule has 120 valence electrons. The van der Waals surface area contributed by atoms with E-state index in [-0.39, 0.29) is 17.1 Å². The van der Waals surface area contributed by atoms with Crippen LogP contribution in [-0.4, -0.2) is 24.2 Å². The largest absolute Gasteiger partial charge is 0.487 e. The van der Waals surface area contributed by atoms with E-state index in [4.69, 9.17) is 4.74 Å². The molecule has 0 heterocycles. The van der Waals surface area contributed by atoms with Crippen LogP contribution in [0.1, 0.15) is 15.9 Å². The minimum absolute atomic E-state index is 0.0698. The molecule has 0 aromatic heterocycles. The topological polar surface area (TPSA) is 67.4 Å². The zero-order valence-corrected chi connectivity index (χ0v) is 14.2. The van der Waals surface area contributed by atoms with Gasteiger partial charge in [0.25, 0.3) is 0 Å². The van der Waals surface area contributed by atoms with Crippen molar-refractivity contribution in [2.45, 2.75) is 6.61 Å². The molecule has 0 bridgehead atoms. The van der Waals surface area contributed by atoms with Crippen LogP contribution >= 0.6 is 15.9 Å². The molecule has 2 amide bonds. The molecule has 6 heteroatoms. The molecule has 0 aliphatic rings. The average molecular weight is 377 g/mol. The number of ether oxygens (including phenoxy) is 1. The Morgan fingerprint density at radius 1 is 1.13 bits per heavy atom. The maximum absolute atomic E-state index is 11.8. The number of halogens is 1. The van der Waals surface area contributed by atoms with Crippen molar-refractivity contribution in [2.75, 3.05) is 17.7 Å². The molecule has 2 aromatic rings. The predicted molar refractivity (Wildman–Crippen MR) is 93.4 cm³/mol. The first kappa shape index (κ1) is 17.0. The molecule has 5 nitrogen and oxygen atoms in total. The number of carbonyl (C=O) groups excluding carboxylic acids is 2. The number of urea groups is 1. The van der Waals surface area contributed by atoms with E-state index in [1.807, 2.05) is 30.3 Å². The van der Waals surface area contributed by atoms with Gasteiger partial charge in [0, 0.05) is 12.6 Å². The third-order valence-corrected chi connectivity index (χ3v) is 3.64. The van der Waals surface area contributed by atoms with Gasteiger partial charge >= 0.3 is 6.03 Å². The lowest BCUT2D eigenvalue weighted by Gasteiger charge is -2.13. The van der Waals surface area contributed by atoms with Crippen LogP contribution in [0, 0.1) is 0 Å². The molecule has 0 aliphatic carbocycles. The number of ketones is 1. The number of carbonyl (C=O) groups is 2. The van der Waals surface area contributed by atoms with E-state index in [2.05, 4.69) is 26.6 Å². The fourth-order valence-corrected chi connectivity index (χ4v) is 2.25. The standard InChI is InChI=1S/C17H17BrN2O3/c1-19-17(22)20-14-9-13(15(21)10-18)7-8-16(14)23-11-12-5-3-2-4-6-12/h2-9H,10-11H2,1H3,(H2,19,20,22). The average Bonchev–Trinajstić information content (AvgIpc) is 2.60. The zero-order chi connectivity index (χ0) is 16.7. The second-order valence-corrected chi connectivity index (χ2v) is 5.31. The van der Waals surface area contributed by atoms with E-state index >= 15 is 0 Å². The van der Waals surface area contributed by atoms with Crippen molar-refractivity contribution < 1.29 is 14.3 Å². The summed E-state index contributed by atoms with van der Waals surface area (Å²) in [5.74, 6) is 0.433. The first-order valence-electron chi connectivity index (χ1n) is 7.02. The first-order chi connectivity index (χ1) is 11.1. The zero-order valence-electron chi connectivity index (χ0n) is 12.6. The number of benzene rings is 2. The fourth-order valence-electron chi connectivity index (χ4n) is 1.92. The monoisotopic (exact) mass is 376 g/mol. The highest BCUT2D eigenvalue weighted by atomic mass is 79.9. The van der Waals surface area contributed by atoms with Gasteiger partial charge in [-0.15, -0.1) is 0 Å². The van der Waals surface area contributed by atoms with E-state index in [0.717, 1.165) is 5.56 Å². The van der Waals surface area contributed by atoms with Gasteiger partial charge in [-0.05, 0) is 23.8 Å². The summed E-state index contributed by atoms with van der Waals surface area (Å²) in [6.07, 6.45) is 0. The molecule has 2 aromatic carbocycles. The van der Waals surface area contributed by atoms with Crippen molar-refractivity contribution in [1.29, 1.82) is 0 Å². The lowest BCUT2D eigenvalue weighted by atomic mass is 10.1. The van der Waals surface area contributed by atoms with Gasteiger partial charge < -0.3 is 15.4 Å². The smallest absolute Gasteiger partial charge is 0.319 e. The Bertz CT molecular complexity index is 689. The summed E-state index contributed by atoms with van der Waals surface area (Å²) in [5, 5.41) is 5.37. The van der Waals surface area contributed by atoms with E-state index in [1.54, 1.807) is 18.2 Å². The van der Waals surface area contributed by atoms with Crippen LogP contribution in [0.25, 0.3) is 0 Å². The Hall–Kier alpha value is -2.34. The summed E-state index contributed by atoms with van der Waals surface area (Å²) >= 11 is 3.14. The number of hydrogen-bond donors (Lipinski definition) is 2. The second-order valence-electron chi connectivity index (χ2n) is 4.75. The van der Waals surface area contributed by atoms with E-state index in [0.29, 0.717) is 23.6 Å². The molecular formula is C17H17BrN2O3. The molecule has 2 N–H and O–H groups in total. The predicted octanol–water partition coefficient (Wildman–Crippen LogP) is 3.59.